The normalized spacial score (nSPS) is 16.4. The average Bonchev–Trinajstić information content (AvgIpc) is 2.61. The highest BCUT2D eigenvalue weighted by Gasteiger charge is 2.35. The number of halogens is 2. The summed E-state index contributed by atoms with van der Waals surface area (Å²) in [5.74, 6) is -0.636. The number of carbonyl (C=O) groups excluding carboxylic acids is 1. The molecular formula is C19H20ClFN2O2. The third-order valence-corrected chi connectivity index (χ3v) is 4.76. The molecule has 0 unspecified atom stereocenters. The van der Waals surface area contributed by atoms with E-state index in [1.807, 2.05) is 18.2 Å². The predicted molar refractivity (Wildman–Crippen MR) is 95.7 cm³/mol. The second-order valence-electron chi connectivity index (χ2n) is 6.26. The Balaban J connectivity index is 1.67. The summed E-state index contributed by atoms with van der Waals surface area (Å²) in [6.07, 6.45) is 0.938. The van der Waals surface area contributed by atoms with Crippen molar-refractivity contribution < 1.29 is 13.9 Å². The minimum Gasteiger partial charge on any atom is -0.381 e. The third-order valence-electron chi connectivity index (χ3n) is 4.51. The van der Waals surface area contributed by atoms with Crippen molar-refractivity contribution in [3.05, 3.63) is 58.9 Å². The van der Waals surface area contributed by atoms with Gasteiger partial charge in [0.05, 0.1) is 5.54 Å². The monoisotopic (exact) mass is 362 g/mol. The van der Waals surface area contributed by atoms with Gasteiger partial charge in [0.25, 0.3) is 0 Å². The molecule has 0 aromatic heterocycles. The van der Waals surface area contributed by atoms with Crippen LogP contribution in [0, 0.1) is 5.82 Å². The Bertz CT molecular complexity index is 759. The van der Waals surface area contributed by atoms with E-state index in [1.165, 1.54) is 6.07 Å². The molecule has 1 amide bonds. The standard InChI is InChI=1S/C19H20ClFN2O2/c20-16-5-3-13(4-6-16)14-1-2-15(17(21)11-14)12-23-18(24)19(22)7-9-25-10-8-19/h1-6,11H,7-10,12,22H2,(H,23,24). The van der Waals surface area contributed by atoms with Crippen molar-refractivity contribution in [1.82, 2.24) is 5.32 Å². The average molecular weight is 363 g/mol. The molecule has 0 bridgehead atoms. The first kappa shape index (κ1) is 17.9. The maximum Gasteiger partial charge on any atom is 0.240 e. The van der Waals surface area contributed by atoms with E-state index >= 15 is 0 Å². The Hall–Kier alpha value is -1.95. The lowest BCUT2D eigenvalue weighted by molar-refractivity contribution is -0.129. The molecule has 1 aliphatic heterocycles. The number of hydrogen-bond acceptors (Lipinski definition) is 3. The molecule has 1 aliphatic rings. The number of rotatable bonds is 4. The van der Waals surface area contributed by atoms with Crippen molar-refractivity contribution in [2.45, 2.75) is 24.9 Å². The summed E-state index contributed by atoms with van der Waals surface area (Å²) in [5, 5.41) is 3.37. The molecule has 3 N–H and O–H groups in total. The van der Waals surface area contributed by atoms with E-state index in [9.17, 15) is 9.18 Å². The summed E-state index contributed by atoms with van der Waals surface area (Å²) in [4.78, 5) is 12.3. The maximum atomic E-state index is 14.4. The molecule has 0 radical (unpaired) electrons. The Morgan fingerprint density at radius 1 is 1.16 bits per heavy atom. The van der Waals surface area contributed by atoms with Crippen molar-refractivity contribution in [2.24, 2.45) is 5.73 Å². The van der Waals surface area contributed by atoms with Crippen molar-refractivity contribution in [1.29, 1.82) is 0 Å². The molecule has 1 heterocycles. The number of nitrogens with one attached hydrogen (secondary N) is 1. The minimum atomic E-state index is -0.933. The van der Waals surface area contributed by atoms with Gasteiger partial charge in [0.1, 0.15) is 5.82 Å². The molecule has 1 saturated heterocycles. The van der Waals surface area contributed by atoms with E-state index in [2.05, 4.69) is 5.32 Å². The fourth-order valence-corrected chi connectivity index (χ4v) is 2.95. The zero-order chi connectivity index (χ0) is 17.9. The smallest absolute Gasteiger partial charge is 0.240 e. The van der Waals surface area contributed by atoms with Gasteiger partial charge in [-0.25, -0.2) is 4.39 Å². The van der Waals surface area contributed by atoms with Crippen LogP contribution in [-0.4, -0.2) is 24.7 Å². The summed E-state index contributed by atoms with van der Waals surface area (Å²) in [6, 6.07) is 12.1. The van der Waals surface area contributed by atoms with Crippen LogP contribution in [0.4, 0.5) is 4.39 Å². The van der Waals surface area contributed by atoms with Gasteiger partial charge in [-0.3, -0.25) is 4.79 Å². The maximum absolute atomic E-state index is 14.4. The van der Waals surface area contributed by atoms with Gasteiger partial charge in [0.2, 0.25) is 5.91 Å². The van der Waals surface area contributed by atoms with Crippen molar-refractivity contribution in [3.8, 4) is 11.1 Å². The Kier molecular flexibility index (Phi) is 5.37. The molecule has 25 heavy (non-hydrogen) atoms. The third kappa shape index (κ3) is 4.18. The first-order chi connectivity index (χ1) is 12.0. The number of hydrogen-bond donors (Lipinski definition) is 2. The quantitative estimate of drug-likeness (QED) is 0.877. The molecule has 0 atom stereocenters. The van der Waals surface area contributed by atoms with Gasteiger partial charge in [0.15, 0.2) is 0 Å². The lowest BCUT2D eigenvalue weighted by Gasteiger charge is -2.31. The van der Waals surface area contributed by atoms with Crippen LogP contribution < -0.4 is 11.1 Å². The molecule has 132 valence electrons. The van der Waals surface area contributed by atoms with Crippen LogP contribution in [0.3, 0.4) is 0 Å². The number of benzene rings is 2. The molecule has 2 aromatic rings. The van der Waals surface area contributed by atoms with Gasteiger partial charge >= 0.3 is 0 Å². The van der Waals surface area contributed by atoms with Crippen LogP contribution in [0.5, 0.6) is 0 Å². The second-order valence-corrected chi connectivity index (χ2v) is 6.70. The fraction of sp³-hybridized carbons (Fsp3) is 0.316. The van der Waals surface area contributed by atoms with Gasteiger partial charge in [-0.1, -0.05) is 35.9 Å². The van der Waals surface area contributed by atoms with Crippen LogP contribution in [0.2, 0.25) is 5.02 Å². The molecular weight excluding hydrogens is 343 g/mol. The van der Waals surface area contributed by atoms with Gasteiger partial charge in [-0.15, -0.1) is 0 Å². The van der Waals surface area contributed by atoms with E-state index in [0.717, 1.165) is 11.1 Å². The van der Waals surface area contributed by atoms with E-state index in [1.54, 1.807) is 18.2 Å². The number of amides is 1. The molecule has 6 heteroatoms. The SMILES string of the molecule is NC1(C(=O)NCc2ccc(-c3ccc(Cl)cc3)cc2F)CCOCC1. The lowest BCUT2D eigenvalue weighted by atomic mass is 9.90. The first-order valence-electron chi connectivity index (χ1n) is 8.17. The van der Waals surface area contributed by atoms with Gasteiger partial charge in [0, 0.05) is 30.3 Å². The second kappa shape index (κ2) is 7.52. The lowest BCUT2D eigenvalue weighted by Crippen LogP contribution is -2.56. The zero-order valence-electron chi connectivity index (χ0n) is 13.7. The Morgan fingerprint density at radius 2 is 1.80 bits per heavy atom. The van der Waals surface area contributed by atoms with Crippen LogP contribution in [0.15, 0.2) is 42.5 Å². The Morgan fingerprint density at radius 3 is 2.44 bits per heavy atom. The van der Waals surface area contributed by atoms with E-state index < -0.39 is 5.54 Å². The molecule has 0 saturated carbocycles. The van der Waals surface area contributed by atoms with Gasteiger partial charge < -0.3 is 15.8 Å². The topological polar surface area (TPSA) is 64.4 Å². The van der Waals surface area contributed by atoms with Crippen LogP contribution in [0.25, 0.3) is 11.1 Å². The van der Waals surface area contributed by atoms with E-state index in [-0.39, 0.29) is 18.3 Å². The molecule has 3 rings (SSSR count). The number of carbonyl (C=O) groups is 1. The van der Waals surface area contributed by atoms with E-state index in [0.29, 0.717) is 36.6 Å². The summed E-state index contributed by atoms with van der Waals surface area (Å²) in [6.45, 7) is 1.04. The highest BCUT2D eigenvalue weighted by atomic mass is 35.5. The van der Waals surface area contributed by atoms with Crippen molar-refractivity contribution in [2.75, 3.05) is 13.2 Å². The molecule has 1 fully saturated rings. The van der Waals surface area contributed by atoms with Crippen LogP contribution in [0.1, 0.15) is 18.4 Å². The molecule has 0 aliphatic carbocycles. The highest BCUT2D eigenvalue weighted by molar-refractivity contribution is 6.30. The summed E-state index contributed by atoms with van der Waals surface area (Å²) in [7, 11) is 0. The first-order valence-corrected chi connectivity index (χ1v) is 8.55. The van der Waals surface area contributed by atoms with Crippen LogP contribution >= 0.6 is 11.6 Å². The van der Waals surface area contributed by atoms with Crippen molar-refractivity contribution in [3.63, 3.8) is 0 Å². The molecule has 4 nitrogen and oxygen atoms in total. The largest absolute Gasteiger partial charge is 0.381 e. The summed E-state index contributed by atoms with van der Waals surface area (Å²) >= 11 is 5.87. The highest BCUT2D eigenvalue weighted by Crippen LogP contribution is 2.24. The van der Waals surface area contributed by atoms with E-state index in [4.69, 9.17) is 22.1 Å². The summed E-state index contributed by atoms with van der Waals surface area (Å²) in [5.41, 5.74) is 7.24. The molecule has 0 spiro atoms. The van der Waals surface area contributed by atoms with Crippen molar-refractivity contribution >= 4 is 17.5 Å². The fourth-order valence-electron chi connectivity index (χ4n) is 2.83. The predicted octanol–water partition coefficient (Wildman–Crippen LogP) is 3.27. The number of nitrogens with two attached hydrogens (primary N) is 1. The van der Waals surface area contributed by atoms with Gasteiger partial charge in [-0.05, 0) is 42.2 Å². The van der Waals surface area contributed by atoms with Gasteiger partial charge in [-0.2, -0.15) is 0 Å². The van der Waals surface area contributed by atoms with Crippen LogP contribution in [-0.2, 0) is 16.1 Å². The molecule has 2 aromatic carbocycles. The summed E-state index contributed by atoms with van der Waals surface area (Å²) < 4.78 is 19.6. The zero-order valence-corrected chi connectivity index (χ0v) is 14.5. The Labute approximate surface area is 151 Å². The number of ether oxygens (including phenoxy) is 1. The minimum absolute atomic E-state index is 0.103.